The molecular weight excluding hydrogens is 332 g/mol. The minimum absolute atomic E-state index is 0.0293. The maximum Gasteiger partial charge on any atom is 0.217 e. The van der Waals surface area contributed by atoms with Crippen molar-refractivity contribution in [1.82, 2.24) is 10.2 Å². The van der Waals surface area contributed by atoms with E-state index in [1.54, 1.807) is 14.0 Å². The number of rotatable bonds is 4. The number of ether oxygens (including phenoxy) is 3. The molecule has 1 aromatic rings. The fourth-order valence-corrected chi connectivity index (χ4v) is 4.76. The van der Waals surface area contributed by atoms with Crippen LogP contribution in [0.5, 0.6) is 11.5 Å². The van der Waals surface area contributed by atoms with Crippen LogP contribution >= 0.6 is 0 Å². The third-order valence-electron chi connectivity index (χ3n) is 5.90. The van der Waals surface area contributed by atoms with E-state index < -0.39 is 0 Å². The van der Waals surface area contributed by atoms with Gasteiger partial charge < -0.3 is 19.5 Å². The average molecular weight is 360 g/mol. The van der Waals surface area contributed by atoms with Crippen LogP contribution in [-0.2, 0) is 16.1 Å². The van der Waals surface area contributed by atoms with Crippen LogP contribution in [0.4, 0.5) is 0 Å². The second-order valence-corrected chi connectivity index (χ2v) is 7.74. The molecule has 0 radical (unpaired) electrons. The first-order valence-electron chi connectivity index (χ1n) is 9.53. The third-order valence-corrected chi connectivity index (χ3v) is 5.90. The molecule has 2 heterocycles. The van der Waals surface area contributed by atoms with Gasteiger partial charge in [0.05, 0.1) is 12.1 Å². The number of hydrogen-bond acceptors (Lipinski definition) is 5. The molecule has 4 atom stereocenters. The van der Waals surface area contributed by atoms with Gasteiger partial charge in [0.15, 0.2) is 11.5 Å². The lowest BCUT2D eigenvalue weighted by Gasteiger charge is -2.37. The van der Waals surface area contributed by atoms with E-state index in [9.17, 15) is 4.79 Å². The molecule has 0 aromatic heterocycles. The topological polar surface area (TPSA) is 60.0 Å². The van der Waals surface area contributed by atoms with Gasteiger partial charge in [-0.25, -0.2) is 0 Å². The predicted molar refractivity (Wildman–Crippen MR) is 97.3 cm³/mol. The van der Waals surface area contributed by atoms with Crippen LogP contribution in [0.3, 0.4) is 0 Å². The van der Waals surface area contributed by atoms with E-state index in [4.69, 9.17) is 14.2 Å². The number of nitrogens with zero attached hydrogens (tertiary/aromatic N) is 1. The van der Waals surface area contributed by atoms with Gasteiger partial charge in [0, 0.05) is 33.7 Å². The summed E-state index contributed by atoms with van der Waals surface area (Å²) < 4.78 is 17.0. The second-order valence-electron chi connectivity index (χ2n) is 7.74. The second kappa shape index (κ2) is 7.45. The fraction of sp³-hybridized carbons (Fsp3) is 0.650. The fourth-order valence-electron chi connectivity index (χ4n) is 4.76. The van der Waals surface area contributed by atoms with Crippen LogP contribution in [-0.4, -0.2) is 56.4 Å². The van der Waals surface area contributed by atoms with E-state index in [1.165, 1.54) is 5.56 Å². The van der Waals surface area contributed by atoms with Crippen LogP contribution in [0, 0.1) is 11.8 Å². The Morgan fingerprint density at radius 2 is 1.92 bits per heavy atom. The van der Waals surface area contributed by atoms with Crippen molar-refractivity contribution in [3.8, 4) is 11.5 Å². The summed E-state index contributed by atoms with van der Waals surface area (Å²) in [5, 5.41) is 3.08. The summed E-state index contributed by atoms with van der Waals surface area (Å²) in [6.45, 7) is 5.91. The highest BCUT2D eigenvalue weighted by molar-refractivity contribution is 5.73. The first-order chi connectivity index (χ1) is 12.6. The van der Waals surface area contributed by atoms with E-state index in [0.717, 1.165) is 44.0 Å². The van der Waals surface area contributed by atoms with Crippen molar-refractivity contribution in [2.45, 2.75) is 38.5 Å². The van der Waals surface area contributed by atoms with Crippen molar-refractivity contribution in [2.75, 3.05) is 33.4 Å². The Kier molecular flexibility index (Phi) is 5.05. The molecule has 1 aliphatic carbocycles. The van der Waals surface area contributed by atoms with Gasteiger partial charge in [-0.05, 0) is 42.4 Å². The number of methoxy groups -OCH3 is 1. The molecule has 0 unspecified atom stereocenters. The molecule has 6 nitrogen and oxygen atoms in total. The van der Waals surface area contributed by atoms with Gasteiger partial charge >= 0.3 is 0 Å². The standard InChI is InChI=1S/C20H28N2O4/c1-13(23)21-17-8-15-11-22(12-16(15)9-19(17)24-2)10-14-3-4-18-20(7-14)26-6-5-25-18/h3-4,7,15-17,19H,5-6,8-12H2,1-2H3,(H,21,23)/t15-,16+,17-,19-/m1/s1. The number of fused-ring (bicyclic) bond motifs is 2. The van der Waals surface area contributed by atoms with Crippen molar-refractivity contribution in [3.05, 3.63) is 23.8 Å². The highest BCUT2D eigenvalue weighted by atomic mass is 16.6. The Hall–Kier alpha value is -1.79. The first-order valence-corrected chi connectivity index (χ1v) is 9.53. The number of nitrogens with one attached hydrogen (secondary N) is 1. The zero-order chi connectivity index (χ0) is 18.1. The monoisotopic (exact) mass is 360 g/mol. The van der Waals surface area contributed by atoms with Crippen LogP contribution < -0.4 is 14.8 Å². The van der Waals surface area contributed by atoms with Crippen molar-refractivity contribution in [2.24, 2.45) is 11.8 Å². The Morgan fingerprint density at radius 3 is 2.65 bits per heavy atom. The summed E-state index contributed by atoms with van der Waals surface area (Å²) in [7, 11) is 1.75. The van der Waals surface area contributed by atoms with Crippen molar-refractivity contribution >= 4 is 5.91 Å². The predicted octanol–water partition coefficient (Wildman–Crippen LogP) is 1.82. The minimum Gasteiger partial charge on any atom is -0.486 e. The van der Waals surface area contributed by atoms with E-state index in [1.807, 2.05) is 6.07 Å². The van der Waals surface area contributed by atoms with Crippen LogP contribution in [0.2, 0.25) is 0 Å². The van der Waals surface area contributed by atoms with Gasteiger partial charge in [-0.3, -0.25) is 9.69 Å². The number of hydrogen-bond donors (Lipinski definition) is 1. The first kappa shape index (κ1) is 17.6. The summed E-state index contributed by atoms with van der Waals surface area (Å²) in [5.41, 5.74) is 1.26. The van der Waals surface area contributed by atoms with Crippen molar-refractivity contribution in [3.63, 3.8) is 0 Å². The number of amides is 1. The number of carbonyl (C=O) groups is 1. The van der Waals surface area contributed by atoms with E-state index in [-0.39, 0.29) is 18.1 Å². The Morgan fingerprint density at radius 1 is 1.19 bits per heavy atom. The maximum absolute atomic E-state index is 11.5. The molecule has 1 amide bonds. The van der Waals surface area contributed by atoms with Crippen molar-refractivity contribution in [1.29, 1.82) is 0 Å². The molecule has 0 bridgehead atoms. The zero-order valence-electron chi connectivity index (χ0n) is 15.6. The van der Waals surface area contributed by atoms with Gasteiger partial charge in [-0.15, -0.1) is 0 Å². The molecule has 2 fully saturated rings. The SMILES string of the molecule is CO[C@@H]1C[C@H]2CN(Cc3ccc4c(c3)OCCO4)C[C@H]2C[C@H]1NC(C)=O. The molecule has 0 spiro atoms. The molecule has 2 aliphatic heterocycles. The van der Waals surface area contributed by atoms with Gasteiger partial charge in [-0.1, -0.05) is 6.07 Å². The number of likely N-dealkylation sites (tertiary alicyclic amines) is 1. The van der Waals surface area contributed by atoms with Gasteiger partial charge in [0.1, 0.15) is 13.2 Å². The lowest BCUT2D eigenvalue weighted by atomic mass is 9.77. The van der Waals surface area contributed by atoms with Gasteiger partial charge in [0.2, 0.25) is 5.91 Å². The minimum atomic E-state index is 0.0293. The highest BCUT2D eigenvalue weighted by Gasteiger charge is 2.42. The molecule has 1 aromatic carbocycles. The van der Waals surface area contributed by atoms with E-state index in [0.29, 0.717) is 25.0 Å². The Bertz CT molecular complexity index is 665. The Balaban J connectivity index is 1.39. The molecule has 1 N–H and O–H groups in total. The largest absolute Gasteiger partial charge is 0.486 e. The lowest BCUT2D eigenvalue weighted by molar-refractivity contribution is -0.121. The maximum atomic E-state index is 11.5. The summed E-state index contributed by atoms with van der Waals surface area (Å²) in [6.07, 6.45) is 2.14. The van der Waals surface area contributed by atoms with Gasteiger partial charge in [-0.2, -0.15) is 0 Å². The third kappa shape index (κ3) is 3.67. The number of benzene rings is 1. The molecule has 4 rings (SSSR count). The molecule has 142 valence electrons. The summed E-state index contributed by atoms with van der Waals surface area (Å²) in [5.74, 6) is 2.99. The van der Waals surface area contributed by atoms with E-state index >= 15 is 0 Å². The van der Waals surface area contributed by atoms with Crippen LogP contribution in [0.25, 0.3) is 0 Å². The Labute approximate surface area is 154 Å². The van der Waals surface area contributed by atoms with Gasteiger partial charge in [0.25, 0.3) is 0 Å². The zero-order valence-corrected chi connectivity index (χ0v) is 15.6. The van der Waals surface area contributed by atoms with Crippen LogP contribution in [0.1, 0.15) is 25.3 Å². The molecule has 26 heavy (non-hydrogen) atoms. The van der Waals surface area contributed by atoms with Crippen LogP contribution in [0.15, 0.2) is 18.2 Å². The quantitative estimate of drug-likeness (QED) is 0.888. The lowest BCUT2D eigenvalue weighted by Crippen LogP contribution is -2.49. The smallest absolute Gasteiger partial charge is 0.217 e. The average Bonchev–Trinajstić information content (AvgIpc) is 3.01. The molecular formula is C20H28N2O4. The summed E-state index contributed by atoms with van der Waals surface area (Å²) >= 11 is 0. The van der Waals surface area contributed by atoms with E-state index in [2.05, 4.69) is 22.3 Å². The highest BCUT2D eigenvalue weighted by Crippen LogP contribution is 2.38. The molecule has 1 saturated heterocycles. The van der Waals surface area contributed by atoms with Crippen molar-refractivity contribution < 1.29 is 19.0 Å². The molecule has 3 aliphatic rings. The molecule has 6 heteroatoms. The normalized spacial score (nSPS) is 30.7. The number of carbonyl (C=O) groups excluding carboxylic acids is 1. The summed E-state index contributed by atoms with van der Waals surface area (Å²) in [6, 6.07) is 6.39. The summed E-state index contributed by atoms with van der Waals surface area (Å²) in [4.78, 5) is 14.0. The molecule has 1 saturated carbocycles.